The van der Waals surface area contributed by atoms with Crippen molar-refractivity contribution < 1.29 is 13.9 Å². The molecule has 3 aromatic rings. The van der Waals surface area contributed by atoms with Gasteiger partial charge in [0, 0.05) is 12.6 Å². The summed E-state index contributed by atoms with van der Waals surface area (Å²) >= 11 is 0. The van der Waals surface area contributed by atoms with Crippen LogP contribution >= 0.6 is 0 Å². The van der Waals surface area contributed by atoms with Gasteiger partial charge in [-0.1, -0.05) is 12.1 Å². The van der Waals surface area contributed by atoms with E-state index in [9.17, 15) is 9.59 Å². The Morgan fingerprint density at radius 2 is 1.96 bits per heavy atom. The lowest BCUT2D eigenvalue weighted by molar-refractivity contribution is 0.102. The van der Waals surface area contributed by atoms with E-state index in [0.717, 1.165) is 11.3 Å². The Balaban J connectivity index is 1.72. The maximum absolute atomic E-state index is 12.4. The Hall–Kier alpha value is -3.41. The number of hydrogen-bond donors (Lipinski definition) is 1. The fourth-order valence-corrected chi connectivity index (χ4v) is 2.76. The SMILES string of the molecule is COc1ccc(CCc2cc(C)c(C(=O)Nc3cccnc3)c(=O)o2)cc1. The Kier molecular flexibility index (Phi) is 5.66. The lowest BCUT2D eigenvalue weighted by Gasteiger charge is -2.08. The van der Waals surface area contributed by atoms with Crippen molar-refractivity contribution in [1.82, 2.24) is 4.98 Å². The fraction of sp³-hybridized carbons (Fsp3) is 0.190. The molecular weight excluding hydrogens is 344 g/mol. The molecule has 138 valence electrons. The van der Waals surface area contributed by atoms with Crippen LogP contribution in [0.4, 0.5) is 5.69 Å². The number of nitrogens with one attached hydrogen (secondary N) is 1. The first-order valence-corrected chi connectivity index (χ1v) is 8.55. The van der Waals surface area contributed by atoms with E-state index in [-0.39, 0.29) is 5.56 Å². The molecule has 0 aliphatic heterocycles. The van der Waals surface area contributed by atoms with E-state index in [4.69, 9.17) is 9.15 Å². The highest BCUT2D eigenvalue weighted by Crippen LogP contribution is 2.15. The van der Waals surface area contributed by atoms with Gasteiger partial charge in [-0.15, -0.1) is 0 Å². The van der Waals surface area contributed by atoms with Crippen molar-refractivity contribution in [3.05, 3.63) is 87.7 Å². The molecule has 0 saturated heterocycles. The Morgan fingerprint density at radius 1 is 1.19 bits per heavy atom. The predicted octanol–water partition coefficient (Wildman–Crippen LogP) is 3.39. The average Bonchev–Trinajstić information content (AvgIpc) is 2.67. The zero-order valence-corrected chi connectivity index (χ0v) is 15.2. The summed E-state index contributed by atoms with van der Waals surface area (Å²) in [5.74, 6) is 0.840. The number of anilines is 1. The first kappa shape index (κ1) is 18.4. The van der Waals surface area contributed by atoms with Crippen molar-refractivity contribution in [2.75, 3.05) is 12.4 Å². The molecular formula is C21H20N2O4. The number of amides is 1. The summed E-state index contributed by atoms with van der Waals surface area (Å²) in [5.41, 5.74) is 1.57. The van der Waals surface area contributed by atoms with Crippen molar-refractivity contribution in [3.63, 3.8) is 0 Å². The van der Waals surface area contributed by atoms with Crippen molar-refractivity contribution in [2.24, 2.45) is 0 Å². The van der Waals surface area contributed by atoms with Crippen LogP contribution < -0.4 is 15.7 Å². The summed E-state index contributed by atoms with van der Waals surface area (Å²) < 4.78 is 10.5. The molecule has 0 radical (unpaired) electrons. The number of carbonyl (C=O) groups is 1. The zero-order chi connectivity index (χ0) is 19.2. The molecule has 6 heteroatoms. The number of carbonyl (C=O) groups excluding carboxylic acids is 1. The molecule has 2 aromatic heterocycles. The number of nitrogens with zero attached hydrogens (tertiary/aromatic N) is 1. The number of methoxy groups -OCH3 is 1. The Labute approximate surface area is 156 Å². The van der Waals surface area contributed by atoms with Gasteiger partial charge in [0.05, 0.1) is 19.0 Å². The lowest BCUT2D eigenvalue weighted by Crippen LogP contribution is -2.23. The third-order valence-electron chi connectivity index (χ3n) is 4.17. The van der Waals surface area contributed by atoms with E-state index in [1.54, 1.807) is 38.4 Å². The monoisotopic (exact) mass is 364 g/mol. The molecule has 0 atom stereocenters. The van der Waals surface area contributed by atoms with Crippen LogP contribution in [-0.4, -0.2) is 18.0 Å². The highest BCUT2D eigenvalue weighted by molar-refractivity contribution is 6.04. The van der Waals surface area contributed by atoms with Gasteiger partial charge >= 0.3 is 5.63 Å². The van der Waals surface area contributed by atoms with Crippen molar-refractivity contribution >= 4 is 11.6 Å². The molecule has 0 bridgehead atoms. The second-order valence-electron chi connectivity index (χ2n) is 6.10. The van der Waals surface area contributed by atoms with Gasteiger partial charge in [-0.2, -0.15) is 0 Å². The molecule has 0 unspecified atom stereocenters. The number of rotatable bonds is 6. The molecule has 2 heterocycles. The lowest BCUT2D eigenvalue weighted by atomic mass is 10.1. The van der Waals surface area contributed by atoms with Gasteiger partial charge < -0.3 is 14.5 Å². The third kappa shape index (κ3) is 4.61. The van der Waals surface area contributed by atoms with Gasteiger partial charge in [0.25, 0.3) is 5.91 Å². The van der Waals surface area contributed by atoms with Crippen LogP contribution in [0.3, 0.4) is 0 Å². The van der Waals surface area contributed by atoms with Crippen LogP contribution in [-0.2, 0) is 12.8 Å². The smallest absolute Gasteiger partial charge is 0.349 e. The molecule has 6 nitrogen and oxygen atoms in total. The van der Waals surface area contributed by atoms with E-state index in [0.29, 0.717) is 29.9 Å². The van der Waals surface area contributed by atoms with E-state index in [1.165, 1.54) is 6.20 Å². The maximum atomic E-state index is 12.4. The molecule has 0 spiro atoms. The van der Waals surface area contributed by atoms with E-state index in [1.807, 2.05) is 24.3 Å². The first-order valence-electron chi connectivity index (χ1n) is 8.55. The second kappa shape index (κ2) is 8.31. The van der Waals surface area contributed by atoms with Gasteiger partial charge in [-0.25, -0.2) is 4.79 Å². The van der Waals surface area contributed by atoms with Crippen molar-refractivity contribution in [1.29, 1.82) is 0 Å². The first-order chi connectivity index (χ1) is 13.1. The summed E-state index contributed by atoms with van der Waals surface area (Å²) in [6.45, 7) is 1.73. The minimum Gasteiger partial charge on any atom is -0.497 e. The van der Waals surface area contributed by atoms with Crippen molar-refractivity contribution in [3.8, 4) is 5.75 Å². The highest BCUT2D eigenvalue weighted by Gasteiger charge is 2.17. The summed E-state index contributed by atoms with van der Waals surface area (Å²) in [6.07, 6.45) is 4.39. The Bertz CT molecular complexity index is 979. The highest BCUT2D eigenvalue weighted by atomic mass is 16.5. The molecule has 3 rings (SSSR count). The normalized spacial score (nSPS) is 10.4. The third-order valence-corrected chi connectivity index (χ3v) is 4.17. The molecule has 0 aliphatic rings. The minimum absolute atomic E-state index is 0.00653. The van der Waals surface area contributed by atoms with Crippen molar-refractivity contribution in [2.45, 2.75) is 19.8 Å². The minimum atomic E-state index is -0.638. The molecule has 1 amide bonds. The number of hydrogen-bond acceptors (Lipinski definition) is 5. The molecule has 1 aromatic carbocycles. The van der Waals surface area contributed by atoms with Crippen LogP contribution in [0.5, 0.6) is 5.75 Å². The van der Waals surface area contributed by atoms with Gasteiger partial charge in [0.2, 0.25) is 0 Å². The topological polar surface area (TPSA) is 81.4 Å². The van der Waals surface area contributed by atoms with Gasteiger partial charge in [-0.3, -0.25) is 9.78 Å². The summed E-state index contributed by atoms with van der Waals surface area (Å²) in [5, 5.41) is 2.65. The van der Waals surface area contributed by atoms with Crippen LogP contribution in [0, 0.1) is 6.92 Å². The van der Waals surface area contributed by atoms with Gasteiger partial charge in [-0.05, 0) is 54.8 Å². The number of benzene rings is 1. The summed E-state index contributed by atoms with van der Waals surface area (Å²) in [6, 6.07) is 12.9. The average molecular weight is 364 g/mol. The van der Waals surface area contributed by atoms with E-state index < -0.39 is 11.5 Å². The standard InChI is InChI=1S/C21H20N2O4/c1-14-12-18(10-7-15-5-8-17(26-2)9-6-15)27-21(25)19(14)20(24)23-16-4-3-11-22-13-16/h3-6,8-9,11-13H,7,10H2,1-2H3,(H,23,24). The van der Waals surface area contributed by atoms with Gasteiger partial charge in [0.15, 0.2) is 0 Å². The molecule has 1 N–H and O–H groups in total. The largest absolute Gasteiger partial charge is 0.497 e. The number of pyridine rings is 1. The van der Waals surface area contributed by atoms with E-state index in [2.05, 4.69) is 10.3 Å². The Morgan fingerprint density at radius 3 is 2.59 bits per heavy atom. The number of ether oxygens (including phenoxy) is 1. The van der Waals surface area contributed by atoms with E-state index >= 15 is 0 Å². The molecule has 0 fully saturated rings. The predicted molar refractivity (Wildman–Crippen MR) is 102 cm³/mol. The summed E-state index contributed by atoms with van der Waals surface area (Å²) in [7, 11) is 1.62. The molecule has 27 heavy (non-hydrogen) atoms. The van der Waals surface area contributed by atoms with Crippen LogP contribution in [0.25, 0.3) is 0 Å². The number of aryl methyl sites for hydroxylation is 3. The van der Waals surface area contributed by atoms with Crippen LogP contribution in [0.15, 0.2) is 64.1 Å². The second-order valence-corrected chi connectivity index (χ2v) is 6.10. The summed E-state index contributed by atoms with van der Waals surface area (Å²) in [4.78, 5) is 28.7. The molecule has 0 aliphatic carbocycles. The quantitative estimate of drug-likeness (QED) is 0.725. The zero-order valence-electron chi connectivity index (χ0n) is 15.2. The molecule has 0 saturated carbocycles. The number of aromatic nitrogens is 1. The van der Waals surface area contributed by atoms with Crippen LogP contribution in [0.1, 0.15) is 27.2 Å². The van der Waals surface area contributed by atoms with Gasteiger partial charge in [0.1, 0.15) is 17.1 Å². The van der Waals surface area contributed by atoms with Crippen LogP contribution in [0.2, 0.25) is 0 Å². The fourth-order valence-electron chi connectivity index (χ4n) is 2.76. The maximum Gasteiger partial charge on any atom is 0.349 e.